The Bertz CT molecular complexity index is 325. The van der Waals surface area contributed by atoms with Gasteiger partial charge in [-0.25, -0.2) is 0 Å². The third-order valence-corrected chi connectivity index (χ3v) is 4.92. The summed E-state index contributed by atoms with van der Waals surface area (Å²) >= 11 is 12.2. The molecule has 0 fully saturated rings. The maximum Gasteiger partial charge on any atom is 0.307 e. The quantitative estimate of drug-likeness (QED) is 0.121. The summed E-state index contributed by atoms with van der Waals surface area (Å²) in [6.07, 6.45) is 9.94. The van der Waals surface area contributed by atoms with Crippen LogP contribution in [0.2, 0.25) is 0 Å². The fourth-order valence-electron chi connectivity index (χ4n) is 1.30. The van der Waals surface area contributed by atoms with E-state index in [2.05, 4.69) is 78.7 Å². The number of allylic oxidation sites excluding steroid dienone is 1. The van der Waals surface area contributed by atoms with Gasteiger partial charge in [0.1, 0.15) is 0 Å². The molecule has 0 N–H and O–H groups in total. The van der Waals surface area contributed by atoms with Gasteiger partial charge in [-0.1, -0.05) is 49.0 Å². The van der Waals surface area contributed by atoms with E-state index in [1.807, 2.05) is 6.08 Å². The van der Waals surface area contributed by atoms with Crippen LogP contribution in [0.3, 0.4) is 0 Å². The van der Waals surface area contributed by atoms with Crippen LogP contribution >= 0.6 is 60.1 Å². The number of carbonyl (C=O) groups is 2. The maximum absolute atomic E-state index is 10.6. The van der Waals surface area contributed by atoms with Crippen molar-refractivity contribution in [2.24, 2.45) is 0 Å². The molecule has 0 heterocycles. The second-order valence-electron chi connectivity index (χ2n) is 4.74. The number of halogens is 4. The van der Waals surface area contributed by atoms with Crippen molar-refractivity contribution in [3.05, 3.63) is 12.3 Å². The molecule has 0 spiro atoms. The predicted octanol–water partition coefficient (Wildman–Crippen LogP) is 7.17. The molecule has 2 atom stereocenters. The van der Waals surface area contributed by atoms with Gasteiger partial charge in [-0.05, 0) is 41.3 Å². The number of rotatable bonds is 9. The molecule has 0 aliphatic heterocycles. The Hall–Kier alpha value is 0.600. The highest BCUT2D eigenvalue weighted by Gasteiger charge is 2.17. The third-order valence-electron chi connectivity index (χ3n) is 2.45. The molecule has 0 radical (unpaired) electrons. The molecule has 0 amide bonds. The van der Waals surface area contributed by atoms with E-state index in [4.69, 9.17) is 4.74 Å². The molecule has 24 heavy (non-hydrogen) atoms. The minimum atomic E-state index is -0.257. The fourth-order valence-corrected chi connectivity index (χ4v) is 2.26. The Morgan fingerprint density at radius 3 is 1.96 bits per heavy atom. The number of hydrogen-bond donors (Lipinski definition) is 0. The zero-order valence-corrected chi connectivity index (χ0v) is 21.0. The predicted molar refractivity (Wildman–Crippen MR) is 115 cm³/mol. The first kappa shape index (κ1) is 29.4. The smallest absolute Gasteiger partial charge is 0.307 e. The van der Waals surface area contributed by atoms with Gasteiger partial charge in [-0.3, -0.25) is 9.59 Å². The minimum absolute atomic E-state index is 0.207. The van der Waals surface area contributed by atoms with Crippen LogP contribution in [-0.4, -0.2) is 21.8 Å². The topological polar surface area (TPSA) is 52.6 Å². The highest BCUT2D eigenvalue weighted by Crippen LogP contribution is 2.21. The zero-order valence-electron chi connectivity index (χ0n) is 14.7. The molecule has 0 aromatic carbocycles. The monoisotopic (exact) mass is 600 g/mol. The van der Waals surface area contributed by atoms with Crippen LogP contribution in [0.1, 0.15) is 66.2 Å². The van der Waals surface area contributed by atoms with Gasteiger partial charge in [0.15, 0.2) is 5.01 Å². The van der Waals surface area contributed by atoms with Gasteiger partial charge in [0, 0.05) is 42.1 Å². The molecule has 0 aliphatic rings. The number of ether oxygens (including phenoxy) is 2. The Kier molecular flexibility index (Phi) is 28.9. The molecule has 144 valence electrons. The molecule has 0 aromatic rings. The molecular weight excluding hydrogens is 576 g/mol. The first-order valence-corrected chi connectivity index (χ1v) is 13.3. The van der Waals surface area contributed by atoms with Gasteiger partial charge in [-0.2, -0.15) is 0 Å². The number of carbonyl (C=O) groups excluding carboxylic acids is 2. The number of esters is 2. The summed E-state index contributed by atoms with van der Waals surface area (Å²) in [6, 6.07) is 0. The van der Waals surface area contributed by atoms with Crippen molar-refractivity contribution in [2.45, 2.75) is 76.1 Å². The lowest BCUT2D eigenvalue weighted by Gasteiger charge is -2.15. The van der Waals surface area contributed by atoms with Crippen LogP contribution in [0.4, 0.5) is 0 Å². The molecule has 0 saturated carbocycles. The molecule has 0 bridgehead atoms. The van der Waals surface area contributed by atoms with Gasteiger partial charge < -0.3 is 9.47 Å². The molecule has 0 aliphatic carbocycles. The second kappa shape index (κ2) is 23.6. The second-order valence-corrected chi connectivity index (χ2v) is 6.82. The van der Waals surface area contributed by atoms with E-state index >= 15 is 0 Å². The summed E-state index contributed by atoms with van der Waals surface area (Å²) in [5.74, 6) is -0.509. The highest BCUT2D eigenvalue weighted by atomic mass is 80.9. The summed E-state index contributed by atoms with van der Waals surface area (Å²) in [5, 5.41) is -0.207. The minimum Gasteiger partial charge on any atom is -0.450 e. The number of alkyl halides is 2. The lowest BCUT2D eigenvalue weighted by atomic mass is 10.2. The van der Waals surface area contributed by atoms with Gasteiger partial charge in [0.05, 0.1) is 11.1 Å². The van der Waals surface area contributed by atoms with Gasteiger partial charge >= 0.3 is 11.9 Å². The zero-order chi connectivity index (χ0) is 19.4. The van der Waals surface area contributed by atoms with Gasteiger partial charge in [-0.15, -0.1) is 0 Å². The van der Waals surface area contributed by atoms with Crippen molar-refractivity contribution in [1.29, 1.82) is 0 Å². The van der Waals surface area contributed by atoms with Crippen molar-refractivity contribution < 1.29 is 19.1 Å². The standard InChI is InChI=1S/C8H14Br2O2.C8H14O2.Br2/c1-3-4-5-7(9)8(10)12-6(2)11;1-3-4-5-6-7-10-8(2)9;1-2/h7-8H,3-5H2,1-2H3;6-7H,3-5H2,1-2H3;/b;7-6+;. The van der Waals surface area contributed by atoms with E-state index in [-0.39, 0.29) is 21.8 Å². The first-order chi connectivity index (χ1) is 11.3. The van der Waals surface area contributed by atoms with E-state index in [1.54, 1.807) is 0 Å². The first-order valence-electron chi connectivity index (χ1n) is 7.76. The van der Waals surface area contributed by atoms with Gasteiger partial charge in [0.25, 0.3) is 0 Å². The highest BCUT2D eigenvalue weighted by molar-refractivity contribution is 9.93. The molecule has 2 unspecified atom stereocenters. The van der Waals surface area contributed by atoms with E-state index in [1.165, 1.54) is 26.5 Å². The summed E-state index contributed by atoms with van der Waals surface area (Å²) in [4.78, 5) is 21.0. The molecular formula is C16H28Br4O4. The molecule has 4 nitrogen and oxygen atoms in total. The Labute approximate surface area is 178 Å². The maximum atomic E-state index is 10.6. The molecule has 0 rings (SSSR count). The summed E-state index contributed by atoms with van der Waals surface area (Å²) in [6.45, 7) is 7.06. The van der Waals surface area contributed by atoms with Crippen molar-refractivity contribution in [3.8, 4) is 0 Å². The largest absolute Gasteiger partial charge is 0.450 e. The van der Waals surface area contributed by atoms with E-state index in [0.717, 1.165) is 32.1 Å². The lowest BCUT2D eigenvalue weighted by molar-refractivity contribution is -0.142. The Morgan fingerprint density at radius 2 is 1.54 bits per heavy atom. The SMILES string of the molecule is BrBr.CCCC/C=C/OC(C)=O.CCCCC(Br)C(Br)OC(C)=O. The van der Waals surface area contributed by atoms with Crippen LogP contribution in [-0.2, 0) is 19.1 Å². The Morgan fingerprint density at radius 1 is 1.00 bits per heavy atom. The van der Waals surface area contributed by atoms with Crippen molar-refractivity contribution in [1.82, 2.24) is 0 Å². The normalized spacial score (nSPS) is 12.2. The van der Waals surface area contributed by atoms with Crippen LogP contribution < -0.4 is 0 Å². The van der Waals surface area contributed by atoms with Crippen LogP contribution in [0.25, 0.3) is 0 Å². The van der Waals surface area contributed by atoms with E-state index in [0.29, 0.717) is 0 Å². The van der Waals surface area contributed by atoms with Crippen molar-refractivity contribution in [3.63, 3.8) is 0 Å². The summed E-state index contributed by atoms with van der Waals surface area (Å²) in [7, 11) is 0. The van der Waals surface area contributed by atoms with E-state index < -0.39 is 0 Å². The molecule has 0 aromatic heterocycles. The third kappa shape index (κ3) is 27.4. The van der Waals surface area contributed by atoms with Crippen molar-refractivity contribution >= 4 is 72.1 Å². The average Bonchev–Trinajstić information content (AvgIpc) is 2.54. The molecule has 8 heteroatoms. The Balaban J connectivity index is -0.000000337. The lowest BCUT2D eigenvalue weighted by Crippen LogP contribution is -2.19. The van der Waals surface area contributed by atoms with Crippen LogP contribution in [0.5, 0.6) is 0 Å². The number of unbranched alkanes of at least 4 members (excludes halogenated alkanes) is 3. The van der Waals surface area contributed by atoms with Crippen LogP contribution in [0, 0.1) is 0 Å². The average molecular weight is 604 g/mol. The summed E-state index contributed by atoms with van der Waals surface area (Å²) in [5.41, 5.74) is 0. The van der Waals surface area contributed by atoms with Crippen molar-refractivity contribution in [2.75, 3.05) is 0 Å². The van der Waals surface area contributed by atoms with E-state index in [9.17, 15) is 9.59 Å². The van der Waals surface area contributed by atoms with Gasteiger partial charge in [0.2, 0.25) is 0 Å². The summed E-state index contributed by atoms with van der Waals surface area (Å²) < 4.78 is 9.51. The number of hydrogen-bond acceptors (Lipinski definition) is 4. The van der Waals surface area contributed by atoms with Crippen LogP contribution in [0.15, 0.2) is 12.3 Å². The molecule has 0 saturated heterocycles. The fraction of sp³-hybridized carbons (Fsp3) is 0.750.